The molecule has 0 amide bonds. The first kappa shape index (κ1) is 11.0. The summed E-state index contributed by atoms with van der Waals surface area (Å²) in [5.74, 6) is -0.195. The van der Waals surface area contributed by atoms with E-state index in [0.29, 0.717) is 6.54 Å². The van der Waals surface area contributed by atoms with Crippen molar-refractivity contribution in [2.75, 3.05) is 7.11 Å². The predicted octanol–water partition coefficient (Wildman–Crippen LogP) is 2.24. The molecular weight excluding hydrogens is 202 g/mol. The van der Waals surface area contributed by atoms with Crippen LogP contribution < -0.4 is 0 Å². The molecule has 0 aliphatic heterocycles. The number of hydrogen-bond donors (Lipinski definition) is 0. The summed E-state index contributed by atoms with van der Waals surface area (Å²) in [6.07, 6.45) is 6.44. The highest BCUT2D eigenvalue weighted by Crippen LogP contribution is 2.27. The van der Waals surface area contributed by atoms with Crippen molar-refractivity contribution in [1.29, 1.82) is 0 Å². The summed E-state index contributed by atoms with van der Waals surface area (Å²) >= 11 is 0. The number of carbonyl (C=O) groups is 1. The highest BCUT2D eigenvalue weighted by Gasteiger charge is 2.18. The number of hydrogen-bond acceptors (Lipinski definition) is 2. The predicted molar refractivity (Wildman–Crippen MR) is 63.3 cm³/mol. The van der Waals surface area contributed by atoms with Crippen LogP contribution in [0.5, 0.6) is 0 Å². The topological polar surface area (TPSA) is 31.2 Å². The summed E-state index contributed by atoms with van der Waals surface area (Å²) < 4.78 is 6.77. The Labute approximate surface area is 95.7 Å². The van der Waals surface area contributed by atoms with Crippen LogP contribution in [0, 0.1) is 13.8 Å². The molecule has 0 radical (unpaired) electrons. The molecule has 0 aromatic carbocycles. The number of allylic oxidation sites excluding steroid dienone is 1. The van der Waals surface area contributed by atoms with E-state index in [9.17, 15) is 4.79 Å². The third-order valence-electron chi connectivity index (χ3n) is 3.35. The number of rotatable bonds is 2. The van der Waals surface area contributed by atoms with E-state index in [1.807, 2.05) is 4.57 Å². The molecule has 0 saturated carbocycles. The van der Waals surface area contributed by atoms with Gasteiger partial charge in [-0.2, -0.15) is 0 Å². The quantitative estimate of drug-likeness (QED) is 0.714. The maximum atomic E-state index is 11.4. The normalized spacial score (nSPS) is 13.7. The zero-order valence-electron chi connectivity index (χ0n) is 10.0. The van der Waals surface area contributed by atoms with E-state index in [1.165, 1.54) is 29.6 Å². The molecule has 0 spiro atoms. The van der Waals surface area contributed by atoms with Gasteiger partial charge in [0, 0.05) is 11.4 Å². The minimum Gasteiger partial charge on any atom is -0.468 e. The Morgan fingerprint density at radius 1 is 1.50 bits per heavy atom. The summed E-state index contributed by atoms with van der Waals surface area (Å²) in [5, 5.41) is 0. The standard InChI is InChI=1S/C13H17NO2/c1-9-10(2)14(8-13(15)16-3)12-7-5-4-6-11(9)12/h5,7H,4,6,8H2,1-3H3. The van der Waals surface area contributed by atoms with Crippen molar-refractivity contribution in [3.8, 4) is 0 Å². The molecule has 16 heavy (non-hydrogen) atoms. The van der Waals surface area contributed by atoms with E-state index in [-0.39, 0.29) is 5.97 Å². The number of carbonyl (C=O) groups excluding carboxylic acids is 1. The van der Waals surface area contributed by atoms with Crippen LogP contribution in [0.2, 0.25) is 0 Å². The number of esters is 1. The van der Waals surface area contributed by atoms with Gasteiger partial charge in [-0.3, -0.25) is 4.79 Å². The lowest BCUT2D eigenvalue weighted by atomic mass is 10.0. The third-order valence-corrected chi connectivity index (χ3v) is 3.35. The summed E-state index contributed by atoms with van der Waals surface area (Å²) in [7, 11) is 1.43. The Kier molecular flexibility index (Phi) is 2.86. The van der Waals surface area contributed by atoms with Crippen LogP contribution in [-0.2, 0) is 22.5 Å². The third kappa shape index (κ3) is 1.66. The molecular formula is C13H17NO2. The molecule has 86 valence electrons. The van der Waals surface area contributed by atoms with Gasteiger partial charge >= 0.3 is 5.97 Å². The molecule has 0 N–H and O–H groups in total. The fraction of sp³-hybridized carbons (Fsp3) is 0.462. The van der Waals surface area contributed by atoms with Crippen molar-refractivity contribution in [3.05, 3.63) is 28.6 Å². The SMILES string of the molecule is COC(=O)Cn1c(C)c(C)c2c1C=CCC2. The van der Waals surface area contributed by atoms with Gasteiger partial charge in [-0.25, -0.2) is 0 Å². The smallest absolute Gasteiger partial charge is 0.325 e. The maximum absolute atomic E-state index is 11.4. The Morgan fingerprint density at radius 3 is 2.94 bits per heavy atom. The molecule has 2 rings (SSSR count). The van der Waals surface area contributed by atoms with E-state index in [2.05, 4.69) is 26.0 Å². The van der Waals surface area contributed by atoms with Gasteiger partial charge in [0.1, 0.15) is 6.54 Å². The average Bonchev–Trinajstić information content (AvgIpc) is 2.55. The monoisotopic (exact) mass is 219 g/mol. The molecule has 1 aromatic heterocycles. The van der Waals surface area contributed by atoms with Crippen molar-refractivity contribution in [2.45, 2.75) is 33.2 Å². The molecule has 0 atom stereocenters. The first-order valence-electron chi connectivity index (χ1n) is 5.57. The lowest BCUT2D eigenvalue weighted by molar-refractivity contribution is -0.141. The van der Waals surface area contributed by atoms with Crippen LogP contribution in [0.15, 0.2) is 6.08 Å². The second-order valence-corrected chi connectivity index (χ2v) is 4.18. The van der Waals surface area contributed by atoms with Crippen molar-refractivity contribution in [3.63, 3.8) is 0 Å². The van der Waals surface area contributed by atoms with E-state index in [0.717, 1.165) is 12.8 Å². The summed E-state index contributed by atoms with van der Waals surface area (Å²) in [5.41, 5.74) is 5.03. The number of methoxy groups -OCH3 is 1. The van der Waals surface area contributed by atoms with E-state index in [4.69, 9.17) is 4.74 Å². The number of ether oxygens (including phenoxy) is 1. The summed E-state index contributed by atoms with van der Waals surface area (Å²) in [4.78, 5) is 11.4. The largest absolute Gasteiger partial charge is 0.468 e. The van der Waals surface area contributed by atoms with Gasteiger partial charge in [-0.1, -0.05) is 6.08 Å². The van der Waals surface area contributed by atoms with Crippen LogP contribution in [0.25, 0.3) is 6.08 Å². The molecule has 0 saturated heterocycles. The lowest BCUT2D eigenvalue weighted by Crippen LogP contribution is -2.14. The maximum Gasteiger partial charge on any atom is 0.325 e. The van der Waals surface area contributed by atoms with Gasteiger partial charge in [0.25, 0.3) is 0 Å². The molecule has 3 nitrogen and oxygen atoms in total. The van der Waals surface area contributed by atoms with Crippen molar-refractivity contribution >= 4 is 12.0 Å². The molecule has 1 aliphatic rings. The van der Waals surface area contributed by atoms with Crippen LogP contribution in [0.4, 0.5) is 0 Å². The van der Waals surface area contributed by atoms with Crippen molar-refractivity contribution in [2.24, 2.45) is 0 Å². The average molecular weight is 219 g/mol. The molecule has 1 heterocycles. The van der Waals surface area contributed by atoms with Gasteiger partial charge < -0.3 is 9.30 Å². The van der Waals surface area contributed by atoms with E-state index < -0.39 is 0 Å². The Morgan fingerprint density at radius 2 is 2.25 bits per heavy atom. The van der Waals surface area contributed by atoms with Gasteiger partial charge in [0.2, 0.25) is 0 Å². The molecule has 3 heteroatoms. The Hall–Kier alpha value is -1.51. The second kappa shape index (κ2) is 4.16. The van der Waals surface area contributed by atoms with Gasteiger partial charge in [-0.15, -0.1) is 0 Å². The van der Waals surface area contributed by atoms with Crippen LogP contribution >= 0.6 is 0 Å². The van der Waals surface area contributed by atoms with Crippen LogP contribution in [0.3, 0.4) is 0 Å². The van der Waals surface area contributed by atoms with Gasteiger partial charge in [0.15, 0.2) is 0 Å². The highest BCUT2D eigenvalue weighted by molar-refractivity contribution is 5.70. The minimum absolute atomic E-state index is 0.195. The molecule has 1 aliphatic carbocycles. The Bertz CT molecular complexity index is 455. The second-order valence-electron chi connectivity index (χ2n) is 4.18. The fourth-order valence-corrected chi connectivity index (χ4v) is 2.28. The lowest BCUT2D eigenvalue weighted by Gasteiger charge is -2.11. The molecule has 0 unspecified atom stereocenters. The Balaban J connectivity index is 2.45. The highest BCUT2D eigenvalue weighted by atomic mass is 16.5. The number of fused-ring (bicyclic) bond motifs is 1. The number of nitrogens with zero attached hydrogens (tertiary/aromatic N) is 1. The number of aromatic nitrogens is 1. The van der Waals surface area contributed by atoms with Gasteiger partial charge in [-0.05, 0) is 43.9 Å². The fourth-order valence-electron chi connectivity index (χ4n) is 2.28. The van der Waals surface area contributed by atoms with Crippen LogP contribution in [0.1, 0.15) is 28.9 Å². The zero-order chi connectivity index (χ0) is 11.7. The minimum atomic E-state index is -0.195. The van der Waals surface area contributed by atoms with E-state index in [1.54, 1.807) is 0 Å². The van der Waals surface area contributed by atoms with E-state index >= 15 is 0 Å². The van der Waals surface area contributed by atoms with Crippen LogP contribution in [-0.4, -0.2) is 17.6 Å². The first-order valence-corrected chi connectivity index (χ1v) is 5.57. The molecule has 0 fully saturated rings. The van der Waals surface area contributed by atoms with Crippen molar-refractivity contribution in [1.82, 2.24) is 4.57 Å². The zero-order valence-corrected chi connectivity index (χ0v) is 10.0. The molecule has 0 bridgehead atoms. The summed E-state index contributed by atoms with van der Waals surface area (Å²) in [6, 6.07) is 0. The van der Waals surface area contributed by atoms with Crippen molar-refractivity contribution < 1.29 is 9.53 Å². The first-order chi connectivity index (χ1) is 7.65. The van der Waals surface area contributed by atoms with Gasteiger partial charge in [0.05, 0.1) is 7.11 Å². The summed E-state index contributed by atoms with van der Waals surface area (Å²) in [6.45, 7) is 4.49. The molecule has 1 aromatic rings.